The monoisotopic (exact) mass is 358 g/mol. The number of pyridine rings is 1. The number of nitrogens with zero attached hydrogens (tertiary/aromatic N) is 5. The van der Waals surface area contributed by atoms with Gasteiger partial charge in [0.15, 0.2) is 5.82 Å². The third-order valence-corrected chi connectivity index (χ3v) is 4.25. The second-order valence-electron chi connectivity index (χ2n) is 6.14. The zero-order chi connectivity index (χ0) is 18.8. The van der Waals surface area contributed by atoms with Crippen molar-refractivity contribution in [2.45, 2.75) is 6.92 Å². The number of anilines is 1. The van der Waals surface area contributed by atoms with Crippen molar-refractivity contribution in [3.8, 4) is 17.1 Å². The minimum absolute atomic E-state index is 0.302. The van der Waals surface area contributed by atoms with Crippen molar-refractivity contribution in [1.82, 2.24) is 24.5 Å². The quantitative estimate of drug-likeness (QED) is 0.607. The molecule has 27 heavy (non-hydrogen) atoms. The van der Waals surface area contributed by atoms with Crippen LogP contribution >= 0.6 is 0 Å². The van der Waals surface area contributed by atoms with Crippen molar-refractivity contribution >= 4 is 11.7 Å². The minimum atomic E-state index is -0.302. The van der Waals surface area contributed by atoms with Crippen molar-refractivity contribution in [1.29, 1.82) is 0 Å². The molecular formula is C20H18N6O. The van der Waals surface area contributed by atoms with Gasteiger partial charge >= 0.3 is 0 Å². The molecule has 4 aromatic rings. The van der Waals surface area contributed by atoms with Crippen LogP contribution in [0.3, 0.4) is 0 Å². The SMILES string of the molecule is Cc1ccccc1-c1cc(NC(=O)c2cccc(-n3cccn3)n2)n(C)n1. The Morgan fingerprint density at radius 3 is 2.70 bits per heavy atom. The van der Waals surface area contributed by atoms with Crippen molar-refractivity contribution in [2.75, 3.05) is 5.32 Å². The number of hydrogen-bond acceptors (Lipinski definition) is 4. The van der Waals surface area contributed by atoms with Crippen LogP contribution in [0.1, 0.15) is 16.1 Å². The summed E-state index contributed by atoms with van der Waals surface area (Å²) in [5.41, 5.74) is 3.28. The van der Waals surface area contributed by atoms with Gasteiger partial charge in [0.1, 0.15) is 11.5 Å². The topological polar surface area (TPSA) is 77.6 Å². The fourth-order valence-corrected chi connectivity index (χ4v) is 2.84. The van der Waals surface area contributed by atoms with Gasteiger partial charge in [0.2, 0.25) is 0 Å². The van der Waals surface area contributed by atoms with Gasteiger partial charge in [-0.05, 0) is 30.7 Å². The van der Waals surface area contributed by atoms with Crippen molar-refractivity contribution in [2.24, 2.45) is 7.05 Å². The molecule has 1 N–H and O–H groups in total. The van der Waals surface area contributed by atoms with Crippen LogP contribution in [0.2, 0.25) is 0 Å². The van der Waals surface area contributed by atoms with E-state index >= 15 is 0 Å². The molecule has 0 saturated carbocycles. The molecule has 0 saturated heterocycles. The Morgan fingerprint density at radius 1 is 1.07 bits per heavy atom. The molecule has 1 amide bonds. The number of aryl methyl sites for hydroxylation is 2. The Balaban J connectivity index is 1.59. The molecular weight excluding hydrogens is 340 g/mol. The highest BCUT2D eigenvalue weighted by Crippen LogP contribution is 2.24. The number of carbonyl (C=O) groups excluding carboxylic acids is 1. The fourth-order valence-electron chi connectivity index (χ4n) is 2.84. The fraction of sp³-hybridized carbons (Fsp3) is 0.100. The van der Waals surface area contributed by atoms with Gasteiger partial charge in [-0.25, -0.2) is 9.67 Å². The number of benzene rings is 1. The molecule has 0 bridgehead atoms. The normalized spacial score (nSPS) is 10.7. The van der Waals surface area contributed by atoms with Gasteiger partial charge in [-0.15, -0.1) is 0 Å². The van der Waals surface area contributed by atoms with Crippen LogP contribution in [0, 0.1) is 6.92 Å². The van der Waals surface area contributed by atoms with E-state index in [0.29, 0.717) is 17.3 Å². The highest BCUT2D eigenvalue weighted by atomic mass is 16.2. The summed E-state index contributed by atoms with van der Waals surface area (Å²) in [4.78, 5) is 17.0. The second kappa shape index (κ2) is 6.87. The van der Waals surface area contributed by atoms with Gasteiger partial charge in [0.25, 0.3) is 5.91 Å². The molecule has 0 aliphatic rings. The van der Waals surface area contributed by atoms with Crippen LogP contribution in [0.5, 0.6) is 0 Å². The van der Waals surface area contributed by atoms with Crippen LogP contribution in [0.15, 0.2) is 67.0 Å². The lowest BCUT2D eigenvalue weighted by molar-refractivity contribution is 0.102. The maximum Gasteiger partial charge on any atom is 0.275 e. The summed E-state index contributed by atoms with van der Waals surface area (Å²) in [7, 11) is 1.80. The molecule has 0 aliphatic carbocycles. The van der Waals surface area contributed by atoms with Crippen LogP contribution < -0.4 is 5.32 Å². The van der Waals surface area contributed by atoms with Gasteiger partial charge in [-0.1, -0.05) is 30.3 Å². The molecule has 0 aliphatic heterocycles. The molecule has 0 fully saturated rings. The van der Waals surface area contributed by atoms with Gasteiger partial charge in [-0.3, -0.25) is 9.48 Å². The lowest BCUT2D eigenvalue weighted by Gasteiger charge is -2.06. The zero-order valence-electron chi connectivity index (χ0n) is 15.0. The molecule has 0 spiro atoms. The first-order chi connectivity index (χ1) is 13.1. The summed E-state index contributed by atoms with van der Waals surface area (Å²) in [5.74, 6) is 0.881. The number of hydrogen-bond donors (Lipinski definition) is 1. The van der Waals surface area contributed by atoms with Crippen molar-refractivity contribution in [3.63, 3.8) is 0 Å². The second-order valence-corrected chi connectivity index (χ2v) is 6.14. The molecule has 1 aromatic carbocycles. The lowest BCUT2D eigenvalue weighted by Crippen LogP contribution is -2.16. The maximum absolute atomic E-state index is 12.7. The number of rotatable bonds is 4. The highest BCUT2D eigenvalue weighted by molar-refractivity contribution is 6.02. The Labute approximate surface area is 156 Å². The van der Waals surface area contributed by atoms with E-state index in [-0.39, 0.29) is 5.91 Å². The number of nitrogens with one attached hydrogen (secondary N) is 1. The van der Waals surface area contributed by atoms with Gasteiger partial charge in [0, 0.05) is 31.1 Å². The first kappa shape index (κ1) is 16.7. The van der Waals surface area contributed by atoms with E-state index < -0.39 is 0 Å². The van der Waals surface area contributed by atoms with E-state index in [9.17, 15) is 4.79 Å². The Morgan fingerprint density at radius 2 is 1.93 bits per heavy atom. The van der Waals surface area contributed by atoms with E-state index in [4.69, 9.17) is 0 Å². The molecule has 3 aromatic heterocycles. The summed E-state index contributed by atoms with van der Waals surface area (Å²) in [6.07, 6.45) is 3.44. The summed E-state index contributed by atoms with van der Waals surface area (Å²) >= 11 is 0. The summed E-state index contributed by atoms with van der Waals surface area (Å²) in [6, 6.07) is 16.9. The molecule has 0 atom stereocenters. The Kier molecular flexibility index (Phi) is 4.25. The standard InChI is InChI=1S/C20H18N6O/c1-14-7-3-4-8-15(14)17-13-19(25(2)24-17)23-20(27)16-9-5-10-18(22-16)26-12-6-11-21-26/h3-13H,1-2H3,(H,23,27). The molecule has 0 unspecified atom stereocenters. The van der Waals surface area contributed by atoms with Crippen LogP contribution in [0.25, 0.3) is 17.1 Å². The van der Waals surface area contributed by atoms with Crippen molar-refractivity contribution in [3.05, 3.63) is 78.2 Å². The minimum Gasteiger partial charge on any atom is -0.305 e. The average Bonchev–Trinajstić information content (AvgIpc) is 3.33. The number of aromatic nitrogens is 5. The van der Waals surface area contributed by atoms with Crippen molar-refractivity contribution < 1.29 is 4.79 Å². The Bertz CT molecular complexity index is 1100. The molecule has 3 heterocycles. The Hall–Kier alpha value is -3.74. The van der Waals surface area contributed by atoms with E-state index in [1.165, 1.54) is 0 Å². The highest BCUT2D eigenvalue weighted by Gasteiger charge is 2.14. The summed E-state index contributed by atoms with van der Waals surface area (Å²) < 4.78 is 3.26. The first-order valence-electron chi connectivity index (χ1n) is 8.50. The lowest BCUT2D eigenvalue weighted by atomic mass is 10.1. The zero-order valence-corrected chi connectivity index (χ0v) is 15.0. The maximum atomic E-state index is 12.7. The van der Waals surface area contributed by atoms with E-state index in [1.54, 1.807) is 53.1 Å². The largest absolute Gasteiger partial charge is 0.305 e. The van der Waals surface area contributed by atoms with Gasteiger partial charge < -0.3 is 5.32 Å². The van der Waals surface area contributed by atoms with Gasteiger partial charge in [0.05, 0.1) is 5.69 Å². The smallest absolute Gasteiger partial charge is 0.275 e. The predicted molar refractivity (Wildman–Crippen MR) is 103 cm³/mol. The molecule has 0 radical (unpaired) electrons. The number of carbonyl (C=O) groups is 1. The molecule has 7 nitrogen and oxygen atoms in total. The van der Waals surface area contributed by atoms with Gasteiger partial charge in [-0.2, -0.15) is 10.2 Å². The predicted octanol–water partition coefficient (Wildman–Crippen LogP) is 3.23. The summed E-state index contributed by atoms with van der Waals surface area (Å²) in [6.45, 7) is 2.03. The number of amides is 1. The van der Waals surface area contributed by atoms with Crippen LogP contribution in [0.4, 0.5) is 5.82 Å². The van der Waals surface area contributed by atoms with E-state index in [1.807, 2.05) is 37.3 Å². The van der Waals surface area contributed by atoms with E-state index in [2.05, 4.69) is 20.5 Å². The third kappa shape index (κ3) is 3.35. The molecule has 7 heteroatoms. The average molecular weight is 358 g/mol. The summed E-state index contributed by atoms with van der Waals surface area (Å²) in [5, 5.41) is 11.5. The van der Waals surface area contributed by atoms with E-state index in [0.717, 1.165) is 16.8 Å². The third-order valence-electron chi connectivity index (χ3n) is 4.25. The van der Waals surface area contributed by atoms with Crippen LogP contribution in [-0.4, -0.2) is 30.5 Å². The first-order valence-corrected chi connectivity index (χ1v) is 8.50. The van der Waals surface area contributed by atoms with Crippen LogP contribution in [-0.2, 0) is 7.05 Å². The molecule has 4 rings (SSSR count). The molecule has 134 valence electrons.